The van der Waals surface area contributed by atoms with Gasteiger partial charge in [-0.3, -0.25) is 9.79 Å². The topological polar surface area (TPSA) is 100 Å². The summed E-state index contributed by atoms with van der Waals surface area (Å²) >= 11 is 0. The van der Waals surface area contributed by atoms with Crippen LogP contribution in [0.1, 0.15) is 11.1 Å². The minimum absolute atomic E-state index is 0.0881. The molecule has 33 heavy (non-hydrogen) atoms. The lowest BCUT2D eigenvalue weighted by Crippen LogP contribution is -2.32. The van der Waals surface area contributed by atoms with Crippen molar-refractivity contribution >= 4 is 21.6 Å². The monoisotopic (exact) mass is 480 g/mol. The number of carbonyl (C=O) groups excluding carboxylic acids is 1. The Balaban J connectivity index is 1.35. The number of sulfone groups is 1. The summed E-state index contributed by atoms with van der Waals surface area (Å²) < 4.78 is 56.2. The van der Waals surface area contributed by atoms with Crippen molar-refractivity contribution in [1.29, 1.82) is 0 Å². The molecule has 2 aromatic rings. The summed E-state index contributed by atoms with van der Waals surface area (Å²) in [5.74, 6) is -1.87. The van der Waals surface area contributed by atoms with Crippen LogP contribution in [0.2, 0.25) is 0 Å². The Labute approximate surface area is 191 Å². The minimum atomic E-state index is -3.96. The van der Waals surface area contributed by atoms with E-state index in [0.29, 0.717) is 12.6 Å². The van der Waals surface area contributed by atoms with Crippen LogP contribution in [0.15, 0.2) is 52.4 Å². The van der Waals surface area contributed by atoms with E-state index in [1.54, 1.807) is 7.05 Å². The summed E-state index contributed by atoms with van der Waals surface area (Å²) in [5.41, 5.74) is 1.97. The Hall–Kier alpha value is -2.89. The molecule has 0 spiro atoms. The van der Waals surface area contributed by atoms with Gasteiger partial charge in [0.15, 0.2) is 9.84 Å². The average molecular weight is 481 g/mol. The van der Waals surface area contributed by atoms with Gasteiger partial charge >= 0.3 is 0 Å². The van der Waals surface area contributed by atoms with Crippen LogP contribution < -0.4 is 10.6 Å². The number of benzene rings is 2. The molecule has 0 atom stereocenters. The summed E-state index contributed by atoms with van der Waals surface area (Å²) in [4.78, 5) is 17.6. The van der Waals surface area contributed by atoms with Crippen molar-refractivity contribution in [2.75, 3.05) is 45.8 Å². The zero-order valence-electron chi connectivity index (χ0n) is 18.2. The van der Waals surface area contributed by atoms with Gasteiger partial charge in [0.1, 0.15) is 34.8 Å². The molecule has 178 valence electrons. The molecule has 2 N–H and O–H groups in total. The van der Waals surface area contributed by atoms with Gasteiger partial charge in [-0.1, -0.05) is 24.3 Å². The highest BCUT2D eigenvalue weighted by Gasteiger charge is 2.19. The summed E-state index contributed by atoms with van der Waals surface area (Å²) in [7, 11) is -2.29. The Morgan fingerprint density at radius 3 is 2.64 bits per heavy atom. The number of nitrogens with one attached hydrogen (secondary N) is 2. The van der Waals surface area contributed by atoms with Gasteiger partial charge in [0.25, 0.3) is 0 Å². The highest BCUT2D eigenvalue weighted by atomic mass is 32.2. The number of amidine groups is 1. The fraction of sp³-hybridized carbons (Fsp3) is 0.364. The van der Waals surface area contributed by atoms with E-state index in [1.165, 1.54) is 4.90 Å². The lowest BCUT2D eigenvalue weighted by atomic mass is 10.1. The fourth-order valence-corrected chi connectivity index (χ4v) is 4.35. The van der Waals surface area contributed by atoms with Crippen LogP contribution in [0.25, 0.3) is 0 Å². The van der Waals surface area contributed by atoms with E-state index in [9.17, 15) is 22.0 Å². The number of aliphatic imine (C=N–C) groups is 1. The van der Waals surface area contributed by atoms with Gasteiger partial charge in [0.2, 0.25) is 5.91 Å². The lowest BCUT2D eigenvalue weighted by molar-refractivity contribution is -0.135. The van der Waals surface area contributed by atoms with Gasteiger partial charge in [-0.2, -0.15) is 0 Å². The molecule has 0 unspecified atom stereocenters. The number of halogens is 2. The van der Waals surface area contributed by atoms with Gasteiger partial charge in [-0.15, -0.1) is 0 Å². The van der Waals surface area contributed by atoms with Crippen LogP contribution >= 0.6 is 0 Å². The van der Waals surface area contributed by atoms with E-state index < -0.39 is 32.2 Å². The van der Waals surface area contributed by atoms with Gasteiger partial charge in [-0.25, -0.2) is 17.2 Å². The third-order valence-electron chi connectivity index (χ3n) is 4.92. The van der Waals surface area contributed by atoms with Crippen molar-refractivity contribution in [3.8, 4) is 0 Å². The molecule has 0 aromatic heterocycles. The first kappa shape index (κ1) is 24.7. The van der Waals surface area contributed by atoms with Crippen LogP contribution in [-0.2, 0) is 25.9 Å². The van der Waals surface area contributed by atoms with Crippen molar-refractivity contribution < 1.29 is 26.7 Å². The first-order chi connectivity index (χ1) is 15.8. The Kier molecular flexibility index (Phi) is 8.48. The molecule has 1 amide bonds. The summed E-state index contributed by atoms with van der Waals surface area (Å²) in [6.45, 7) is 2.10. The molecule has 2 aromatic carbocycles. The normalized spacial score (nSPS) is 13.5. The van der Waals surface area contributed by atoms with Crippen LogP contribution in [-0.4, -0.2) is 70.8 Å². The highest BCUT2D eigenvalue weighted by Crippen LogP contribution is 2.16. The zero-order valence-corrected chi connectivity index (χ0v) is 19.0. The predicted octanol–water partition coefficient (Wildman–Crippen LogP) is 1.31. The summed E-state index contributed by atoms with van der Waals surface area (Å²) in [6, 6.07) is 10.1. The Morgan fingerprint density at radius 1 is 1.21 bits per heavy atom. The van der Waals surface area contributed by atoms with Crippen molar-refractivity contribution in [2.45, 2.75) is 11.4 Å². The van der Waals surface area contributed by atoms with Gasteiger partial charge in [0, 0.05) is 38.3 Å². The second-order valence-electron chi connectivity index (χ2n) is 7.49. The summed E-state index contributed by atoms with van der Waals surface area (Å²) in [5, 5.41) is 5.83. The number of likely N-dealkylation sites (N-methyl/N-ethyl adjacent to an activating group) is 1. The third kappa shape index (κ3) is 7.04. The maximum Gasteiger partial charge on any atom is 0.248 e. The number of amides is 1. The van der Waals surface area contributed by atoms with E-state index >= 15 is 0 Å². The second-order valence-corrected chi connectivity index (χ2v) is 9.45. The molecule has 1 aliphatic heterocycles. The minimum Gasteiger partial charge on any atom is -0.370 e. The highest BCUT2D eigenvalue weighted by molar-refractivity contribution is 7.91. The molecule has 0 fully saturated rings. The Morgan fingerprint density at radius 2 is 1.97 bits per heavy atom. The number of nitrogens with zero attached hydrogens (tertiary/aromatic N) is 2. The number of hydrogen-bond donors (Lipinski definition) is 2. The predicted molar refractivity (Wildman–Crippen MR) is 120 cm³/mol. The lowest BCUT2D eigenvalue weighted by Gasteiger charge is -2.17. The molecular formula is C22H26F2N4O4S. The first-order valence-corrected chi connectivity index (χ1v) is 12.0. The molecule has 0 saturated carbocycles. The number of rotatable bonds is 11. The number of carbonyl (C=O) groups is 1. The van der Waals surface area contributed by atoms with Gasteiger partial charge in [0.05, 0.1) is 13.2 Å². The molecule has 0 saturated heterocycles. The van der Waals surface area contributed by atoms with Crippen LogP contribution in [0.3, 0.4) is 0 Å². The van der Waals surface area contributed by atoms with Crippen LogP contribution in [0, 0.1) is 11.6 Å². The van der Waals surface area contributed by atoms with Crippen molar-refractivity contribution in [3.63, 3.8) is 0 Å². The number of ether oxygens (including phenoxy) is 1. The smallest absolute Gasteiger partial charge is 0.248 e. The van der Waals surface area contributed by atoms with E-state index in [4.69, 9.17) is 4.74 Å². The fourth-order valence-electron chi connectivity index (χ4n) is 3.15. The molecule has 0 aliphatic carbocycles. The molecule has 11 heteroatoms. The molecule has 8 nitrogen and oxygen atoms in total. The third-order valence-corrected chi connectivity index (χ3v) is 6.50. The van der Waals surface area contributed by atoms with E-state index in [1.807, 2.05) is 24.3 Å². The van der Waals surface area contributed by atoms with Gasteiger partial charge in [-0.05, 0) is 17.7 Å². The molecule has 1 heterocycles. The van der Waals surface area contributed by atoms with Gasteiger partial charge < -0.3 is 20.3 Å². The van der Waals surface area contributed by atoms with E-state index in [0.717, 1.165) is 42.2 Å². The standard InChI is InChI=1S/C22H26F2N4O4S/c1-28(13-16-2-4-17(5-3-16)22-26-8-9-27-22)21(29)14-32-11-10-25-15-33(30,31)20-7-6-18(23)12-19(20)24/h2-7,12,25H,8-11,13-15H2,1H3,(H,26,27). The molecule has 0 radical (unpaired) electrons. The number of hydrogen-bond acceptors (Lipinski definition) is 7. The van der Waals surface area contributed by atoms with Crippen LogP contribution in [0.5, 0.6) is 0 Å². The van der Waals surface area contributed by atoms with Crippen LogP contribution in [0.4, 0.5) is 8.78 Å². The van der Waals surface area contributed by atoms with Crippen molar-refractivity contribution in [1.82, 2.24) is 15.5 Å². The molecule has 1 aliphatic rings. The maximum atomic E-state index is 13.7. The second kappa shape index (κ2) is 11.3. The average Bonchev–Trinajstić information content (AvgIpc) is 3.31. The first-order valence-electron chi connectivity index (χ1n) is 10.3. The Bertz CT molecular complexity index is 1110. The zero-order chi connectivity index (χ0) is 23.8. The van der Waals surface area contributed by atoms with Crippen molar-refractivity contribution in [3.05, 3.63) is 65.2 Å². The molecule has 0 bridgehead atoms. The largest absolute Gasteiger partial charge is 0.370 e. The van der Waals surface area contributed by atoms with E-state index in [2.05, 4.69) is 15.6 Å². The van der Waals surface area contributed by atoms with E-state index in [-0.39, 0.29) is 25.7 Å². The molecular weight excluding hydrogens is 454 g/mol. The van der Waals surface area contributed by atoms with Crippen molar-refractivity contribution in [2.24, 2.45) is 4.99 Å². The molecule has 3 rings (SSSR count). The quantitative estimate of drug-likeness (QED) is 0.372. The summed E-state index contributed by atoms with van der Waals surface area (Å²) in [6.07, 6.45) is 0. The maximum absolute atomic E-state index is 13.7. The SMILES string of the molecule is CN(Cc1ccc(C2=NCCN2)cc1)C(=O)COCCNCS(=O)(=O)c1ccc(F)cc1F.